The van der Waals surface area contributed by atoms with E-state index < -0.39 is 0 Å². The summed E-state index contributed by atoms with van der Waals surface area (Å²) in [5, 5.41) is 3.01. The van der Waals surface area contributed by atoms with Crippen LogP contribution < -0.4 is 15.0 Å². The van der Waals surface area contributed by atoms with Gasteiger partial charge in [0.2, 0.25) is 0 Å². The van der Waals surface area contributed by atoms with Crippen LogP contribution in [0, 0.1) is 13.8 Å². The minimum Gasteiger partial charge on any atom is -0.497 e. The van der Waals surface area contributed by atoms with Crippen LogP contribution in [0.15, 0.2) is 42.5 Å². The molecule has 1 aliphatic heterocycles. The van der Waals surface area contributed by atoms with Crippen LogP contribution in [0.3, 0.4) is 0 Å². The average Bonchev–Trinajstić information content (AvgIpc) is 2.68. The van der Waals surface area contributed by atoms with Gasteiger partial charge in [-0.15, -0.1) is 0 Å². The average molecular weight is 353 g/mol. The molecular formula is C21H27N3O2. The Hall–Kier alpha value is -2.69. The van der Waals surface area contributed by atoms with Crippen molar-refractivity contribution in [1.29, 1.82) is 0 Å². The van der Waals surface area contributed by atoms with Gasteiger partial charge in [0, 0.05) is 38.4 Å². The molecule has 1 N–H and O–H groups in total. The highest BCUT2D eigenvalue weighted by Crippen LogP contribution is 2.23. The van der Waals surface area contributed by atoms with Crippen LogP contribution in [0.2, 0.25) is 0 Å². The van der Waals surface area contributed by atoms with Crippen molar-refractivity contribution >= 4 is 11.7 Å². The number of piperazine rings is 1. The van der Waals surface area contributed by atoms with E-state index in [2.05, 4.69) is 42.3 Å². The fraction of sp³-hybridized carbons (Fsp3) is 0.381. The molecule has 26 heavy (non-hydrogen) atoms. The number of rotatable bonds is 4. The van der Waals surface area contributed by atoms with E-state index in [1.165, 1.54) is 16.8 Å². The maximum Gasteiger partial charge on any atom is 0.317 e. The second-order valence-corrected chi connectivity index (χ2v) is 6.70. The third-order valence-corrected chi connectivity index (χ3v) is 5.06. The zero-order chi connectivity index (χ0) is 18.5. The van der Waals surface area contributed by atoms with E-state index in [1.54, 1.807) is 7.11 Å². The molecule has 0 aliphatic carbocycles. The quantitative estimate of drug-likeness (QED) is 0.917. The number of methoxy groups -OCH3 is 1. The first-order chi connectivity index (χ1) is 12.6. The van der Waals surface area contributed by atoms with Crippen molar-refractivity contribution in [3.63, 3.8) is 0 Å². The van der Waals surface area contributed by atoms with Crippen molar-refractivity contribution in [2.24, 2.45) is 0 Å². The number of carbonyl (C=O) groups excluding carboxylic acids is 1. The minimum atomic E-state index is -0.00608. The van der Waals surface area contributed by atoms with Gasteiger partial charge in [0.1, 0.15) is 5.75 Å². The number of hydrogen-bond donors (Lipinski definition) is 1. The first-order valence-corrected chi connectivity index (χ1v) is 9.05. The van der Waals surface area contributed by atoms with Crippen LogP contribution in [0.25, 0.3) is 0 Å². The van der Waals surface area contributed by atoms with Crippen LogP contribution in [-0.4, -0.2) is 44.2 Å². The van der Waals surface area contributed by atoms with Crippen molar-refractivity contribution in [2.45, 2.75) is 20.4 Å². The van der Waals surface area contributed by atoms with Crippen molar-refractivity contribution < 1.29 is 9.53 Å². The summed E-state index contributed by atoms with van der Waals surface area (Å²) in [5.74, 6) is 0.805. The summed E-state index contributed by atoms with van der Waals surface area (Å²) in [6.45, 7) is 7.99. The van der Waals surface area contributed by atoms with E-state index in [0.717, 1.165) is 37.5 Å². The predicted octanol–water partition coefficient (Wildman–Crippen LogP) is 3.34. The third-order valence-electron chi connectivity index (χ3n) is 5.06. The molecule has 0 bridgehead atoms. The topological polar surface area (TPSA) is 44.8 Å². The molecule has 0 radical (unpaired) electrons. The molecule has 2 aromatic carbocycles. The summed E-state index contributed by atoms with van der Waals surface area (Å²) >= 11 is 0. The molecule has 1 saturated heterocycles. The van der Waals surface area contributed by atoms with E-state index in [-0.39, 0.29) is 6.03 Å². The zero-order valence-electron chi connectivity index (χ0n) is 15.8. The van der Waals surface area contributed by atoms with Gasteiger partial charge in [-0.3, -0.25) is 0 Å². The molecule has 5 nitrogen and oxygen atoms in total. The Morgan fingerprint density at radius 3 is 2.54 bits per heavy atom. The number of carbonyl (C=O) groups is 1. The van der Waals surface area contributed by atoms with Crippen molar-refractivity contribution in [3.05, 3.63) is 59.2 Å². The third kappa shape index (κ3) is 4.10. The molecular weight excluding hydrogens is 326 g/mol. The Kier molecular flexibility index (Phi) is 5.66. The molecule has 138 valence electrons. The van der Waals surface area contributed by atoms with Crippen molar-refractivity contribution in [1.82, 2.24) is 10.2 Å². The van der Waals surface area contributed by atoms with Crippen molar-refractivity contribution in [2.75, 3.05) is 38.2 Å². The number of benzene rings is 2. The second-order valence-electron chi connectivity index (χ2n) is 6.70. The molecule has 2 amide bonds. The molecule has 3 rings (SSSR count). The van der Waals surface area contributed by atoms with Crippen molar-refractivity contribution in [3.8, 4) is 5.75 Å². The van der Waals surface area contributed by atoms with Gasteiger partial charge in [-0.1, -0.05) is 24.3 Å². The lowest BCUT2D eigenvalue weighted by Gasteiger charge is -2.37. The summed E-state index contributed by atoms with van der Waals surface area (Å²) in [7, 11) is 1.65. The van der Waals surface area contributed by atoms with Gasteiger partial charge < -0.3 is 19.9 Å². The number of amides is 2. The van der Waals surface area contributed by atoms with Gasteiger partial charge >= 0.3 is 6.03 Å². The van der Waals surface area contributed by atoms with Crippen LogP contribution >= 0.6 is 0 Å². The summed E-state index contributed by atoms with van der Waals surface area (Å²) in [4.78, 5) is 16.7. The molecule has 0 saturated carbocycles. The largest absolute Gasteiger partial charge is 0.497 e. The highest BCUT2D eigenvalue weighted by molar-refractivity contribution is 5.74. The van der Waals surface area contributed by atoms with Gasteiger partial charge in [0.15, 0.2) is 0 Å². The Bertz CT molecular complexity index is 768. The lowest BCUT2D eigenvalue weighted by atomic mass is 10.1. The predicted molar refractivity (Wildman–Crippen MR) is 105 cm³/mol. The van der Waals surface area contributed by atoms with Gasteiger partial charge in [-0.2, -0.15) is 0 Å². The molecule has 0 atom stereocenters. The molecule has 1 heterocycles. The van der Waals surface area contributed by atoms with E-state index in [4.69, 9.17) is 4.74 Å². The van der Waals surface area contributed by atoms with E-state index in [9.17, 15) is 4.79 Å². The number of urea groups is 1. The Morgan fingerprint density at radius 1 is 1.08 bits per heavy atom. The highest BCUT2D eigenvalue weighted by Gasteiger charge is 2.22. The summed E-state index contributed by atoms with van der Waals surface area (Å²) in [5.41, 5.74) is 4.94. The molecule has 2 aromatic rings. The van der Waals surface area contributed by atoms with Crippen LogP contribution in [0.4, 0.5) is 10.5 Å². The summed E-state index contributed by atoms with van der Waals surface area (Å²) < 4.78 is 5.22. The van der Waals surface area contributed by atoms with Gasteiger partial charge in [0.05, 0.1) is 7.11 Å². The molecule has 0 unspecified atom stereocenters. The fourth-order valence-electron chi connectivity index (χ4n) is 3.30. The lowest BCUT2D eigenvalue weighted by Crippen LogP contribution is -2.51. The van der Waals surface area contributed by atoms with E-state index in [0.29, 0.717) is 6.54 Å². The number of nitrogens with one attached hydrogen (secondary N) is 1. The SMILES string of the molecule is COc1cccc(CNC(=O)N2CCN(c3cccc(C)c3C)CC2)c1. The van der Waals surface area contributed by atoms with Crippen LogP contribution in [-0.2, 0) is 6.54 Å². The Balaban J connectivity index is 1.52. The maximum absolute atomic E-state index is 12.5. The minimum absolute atomic E-state index is 0.00608. The number of aryl methyl sites for hydroxylation is 1. The van der Waals surface area contributed by atoms with Gasteiger partial charge in [-0.05, 0) is 48.7 Å². The summed E-state index contributed by atoms with van der Waals surface area (Å²) in [6, 6.07) is 14.2. The molecule has 0 spiro atoms. The number of anilines is 1. The highest BCUT2D eigenvalue weighted by atomic mass is 16.5. The van der Waals surface area contributed by atoms with E-state index in [1.807, 2.05) is 29.2 Å². The van der Waals surface area contributed by atoms with Gasteiger partial charge in [-0.25, -0.2) is 4.79 Å². The Morgan fingerprint density at radius 2 is 1.81 bits per heavy atom. The standard InChI is InChI=1S/C21H27N3O2/c1-16-6-4-9-20(17(16)2)23-10-12-24(13-11-23)21(25)22-15-18-7-5-8-19(14-18)26-3/h4-9,14H,10-13,15H2,1-3H3,(H,22,25). The normalized spacial score (nSPS) is 14.3. The smallest absolute Gasteiger partial charge is 0.317 e. The first kappa shape index (κ1) is 18.1. The fourth-order valence-corrected chi connectivity index (χ4v) is 3.30. The molecule has 0 aromatic heterocycles. The first-order valence-electron chi connectivity index (χ1n) is 9.05. The monoisotopic (exact) mass is 353 g/mol. The Labute approximate surface area is 155 Å². The van der Waals surface area contributed by atoms with E-state index >= 15 is 0 Å². The number of hydrogen-bond acceptors (Lipinski definition) is 3. The number of nitrogens with zero attached hydrogens (tertiary/aromatic N) is 2. The second kappa shape index (κ2) is 8.13. The molecule has 5 heteroatoms. The summed E-state index contributed by atoms with van der Waals surface area (Å²) in [6.07, 6.45) is 0. The molecule has 1 aliphatic rings. The van der Waals surface area contributed by atoms with Crippen LogP contribution in [0.1, 0.15) is 16.7 Å². The number of ether oxygens (including phenoxy) is 1. The maximum atomic E-state index is 12.5. The van der Waals surface area contributed by atoms with Crippen LogP contribution in [0.5, 0.6) is 5.75 Å². The zero-order valence-corrected chi connectivity index (χ0v) is 15.8. The molecule has 1 fully saturated rings. The van der Waals surface area contributed by atoms with Gasteiger partial charge in [0.25, 0.3) is 0 Å². The lowest BCUT2D eigenvalue weighted by molar-refractivity contribution is 0.194.